The quantitative estimate of drug-likeness (QED) is 0.934. The smallest absolute Gasteiger partial charge is 0.230 e. The van der Waals surface area contributed by atoms with Gasteiger partial charge in [0.15, 0.2) is 0 Å². The molecule has 5 heteroatoms. The van der Waals surface area contributed by atoms with Crippen molar-refractivity contribution in [2.75, 3.05) is 13.1 Å². The van der Waals surface area contributed by atoms with Gasteiger partial charge in [-0.25, -0.2) is 0 Å². The molecule has 1 fully saturated rings. The summed E-state index contributed by atoms with van der Waals surface area (Å²) in [4.78, 5) is 15.6. The Labute approximate surface area is 139 Å². The molecule has 1 saturated heterocycles. The summed E-state index contributed by atoms with van der Waals surface area (Å²) in [5.74, 6) is 0.177. The van der Waals surface area contributed by atoms with E-state index < -0.39 is 0 Å². The SMILES string of the molecule is CC(C(=O)N1C[C@@H](N)[C@H](c2ccccc2)C1)c1ccc(Cl)s1. The van der Waals surface area contributed by atoms with Crippen molar-refractivity contribution in [2.24, 2.45) is 5.73 Å². The molecule has 2 aromatic rings. The molecule has 2 heterocycles. The lowest BCUT2D eigenvalue weighted by Gasteiger charge is -2.20. The molecule has 1 aliphatic rings. The fourth-order valence-electron chi connectivity index (χ4n) is 3.02. The lowest BCUT2D eigenvalue weighted by Crippen LogP contribution is -2.34. The number of likely N-dealkylation sites (tertiary alicyclic amines) is 1. The molecule has 3 atom stereocenters. The van der Waals surface area contributed by atoms with Crippen LogP contribution >= 0.6 is 22.9 Å². The lowest BCUT2D eigenvalue weighted by molar-refractivity contribution is -0.131. The van der Waals surface area contributed by atoms with Crippen molar-refractivity contribution in [1.29, 1.82) is 0 Å². The van der Waals surface area contributed by atoms with Gasteiger partial charge >= 0.3 is 0 Å². The maximum absolute atomic E-state index is 12.7. The van der Waals surface area contributed by atoms with Gasteiger partial charge in [0.25, 0.3) is 0 Å². The second-order valence-electron chi connectivity index (χ2n) is 5.79. The first-order valence-corrected chi connectivity index (χ1v) is 8.60. The highest BCUT2D eigenvalue weighted by molar-refractivity contribution is 7.16. The molecule has 22 heavy (non-hydrogen) atoms. The van der Waals surface area contributed by atoms with Gasteiger partial charge < -0.3 is 10.6 Å². The zero-order chi connectivity index (χ0) is 15.7. The summed E-state index contributed by atoms with van der Waals surface area (Å²) in [6, 6.07) is 14.0. The zero-order valence-corrected chi connectivity index (χ0v) is 14.0. The molecule has 0 aliphatic carbocycles. The van der Waals surface area contributed by atoms with Crippen LogP contribution in [0.15, 0.2) is 42.5 Å². The van der Waals surface area contributed by atoms with E-state index in [1.54, 1.807) is 0 Å². The molecule has 2 N–H and O–H groups in total. The molecule has 0 radical (unpaired) electrons. The summed E-state index contributed by atoms with van der Waals surface area (Å²) in [5, 5.41) is 0. The Morgan fingerprint density at radius 3 is 2.64 bits per heavy atom. The normalized spacial score (nSPS) is 22.8. The third-order valence-electron chi connectivity index (χ3n) is 4.30. The third kappa shape index (κ3) is 3.05. The maximum Gasteiger partial charge on any atom is 0.230 e. The predicted molar refractivity (Wildman–Crippen MR) is 91.5 cm³/mol. The van der Waals surface area contributed by atoms with Gasteiger partial charge in [-0.2, -0.15) is 0 Å². The monoisotopic (exact) mass is 334 g/mol. The Bertz CT molecular complexity index is 658. The van der Waals surface area contributed by atoms with E-state index in [2.05, 4.69) is 12.1 Å². The molecule has 0 saturated carbocycles. The highest BCUT2D eigenvalue weighted by Crippen LogP contribution is 2.32. The number of carbonyl (C=O) groups excluding carboxylic acids is 1. The van der Waals surface area contributed by atoms with Crippen LogP contribution in [0.2, 0.25) is 4.34 Å². The molecule has 1 aromatic carbocycles. The van der Waals surface area contributed by atoms with E-state index in [9.17, 15) is 4.79 Å². The summed E-state index contributed by atoms with van der Waals surface area (Å²) in [6.45, 7) is 3.24. The Morgan fingerprint density at radius 1 is 1.27 bits per heavy atom. The van der Waals surface area contributed by atoms with Crippen LogP contribution in [-0.2, 0) is 4.79 Å². The molecule has 1 aliphatic heterocycles. The molecule has 0 spiro atoms. The van der Waals surface area contributed by atoms with Gasteiger partial charge in [0.2, 0.25) is 5.91 Å². The van der Waals surface area contributed by atoms with Crippen molar-refractivity contribution >= 4 is 28.8 Å². The Balaban J connectivity index is 1.72. The van der Waals surface area contributed by atoms with Gasteiger partial charge in [0, 0.05) is 29.9 Å². The number of thiophene rings is 1. The van der Waals surface area contributed by atoms with Crippen LogP contribution in [0.5, 0.6) is 0 Å². The minimum absolute atomic E-state index is 0.00882. The summed E-state index contributed by atoms with van der Waals surface area (Å²) >= 11 is 7.44. The van der Waals surface area contributed by atoms with E-state index in [0.29, 0.717) is 13.1 Å². The third-order valence-corrected chi connectivity index (χ3v) is 5.71. The molecule has 3 nitrogen and oxygen atoms in total. The number of rotatable bonds is 3. The number of benzene rings is 1. The number of nitrogens with two attached hydrogens (primary N) is 1. The topological polar surface area (TPSA) is 46.3 Å². The number of carbonyl (C=O) groups is 1. The zero-order valence-electron chi connectivity index (χ0n) is 12.4. The van der Waals surface area contributed by atoms with Gasteiger partial charge in [-0.1, -0.05) is 41.9 Å². The second kappa shape index (κ2) is 6.41. The molecular weight excluding hydrogens is 316 g/mol. The second-order valence-corrected chi connectivity index (χ2v) is 7.53. The number of nitrogens with zero attached hydrogens (tertiary/aromatic N) is 1. The van der Waals surface area contributed by atoms with Crippen molar-refractivity contribution in [3.8, 4) is 0 Å². The first-order valence-electron chi connectivity index (χ1n) is 7.41. The summed E-state index contributed by atoms with van der Waals surface area (Å²) in [6.07, 6.45) is 0. The van der Waals surface area contributed by atoms with E-state index >= 15 is 0 Å². The van der Waals surface area contributed by atoms with Crippen LogP contribution in [0, 0.1) is 0 Å². The Morgan fingerprint density at radius 2 is 2.00 bits per heavy atom. The van der Waals surface area contributed by atoms with Crippen LogP contribution in [0.4, 0.5) is 0 Å². The minimum Gasteiger partial charge on any atom is -0.340 e. The standard InChI is InChI=1S/C17H19ClN2OS/c1-11(15-7-8-16(18)22-15)17(21)20-9-13(14(19)10-20)12-5-3-2-4-6-12/h2-8,11,13-14H,9-10,19H2,1H3/t11?,13-,14+/m0/s1. The van der Waals surface area contributed by atoms with Crippen LogP contribution in [0.3, 0.4) is 0 Å². The van der Waals surface area contributed by atoms with Gasteiger partial charge in [0.05, 0.1) is 10.3 Å². The van der Waals surface area contributed by atoms with Crippen molar-refractivity contribution in [1.82, 2.24) is 4.90 Å². The van der Waals surface area contributed by atoms with Gasteiger partial charge in [-0.05, 0) is 24.6 Å². The van der Waals surface area contributed by atoms with E-state index in [0.717, 1.165) is 9.21 Å². The van der Waals surface area contributed by atoms with Crippen LogP contribution < -0.4 is 5.73 Å². The average molecular weight is 335 g/mol. The predicted octanol–water partition coefficient (Wildman–Crippen LogP) is 3.46. The largest absolute Gasteiger partial charge is 0.340 e. The number of hydrogen-bond acceptors (Lipinski definition) is 3. The molecule has 1 unspecified atom stereocenters. The highest BCUT2D eigenvalue weighted by atomic mass is 35.5. The fraction of sp³-hybridized carbons (Fsp3) is 0.353. The van der Waals surface area contributed by atoms with Crippen LogP contribution in [-0.4, -0.2) is 29.9 Å². The Kier molecular flexibility index (Phi) is 4.52. The van der Waals surface area contributed by atoms with Crippen molar-refractivity contribution in [3.63, 3.8) is 0 Å². The summed E-state index contributed by atoms with van der Waals surface area (Å²) in [7, 11) is 0. The summed E-state index contributed by atoms with van der Waals surface area (Å²) < 4.78 is 0.718. The fourth-order valence-corrected chi connectivity index (χ4v) is 4.12. The van der Waals surface area contributed by atoms with Crippen LogP contribution in [0.1, 0.15) is 29.2 Å². The van der Waals surface area contributed by atoms with Gasteiger partial charge in [-0.3, -0.25) is 4.79 Å². The maximum atomic E-state index is 12.7. The van der Waals surface area contributed by atoms with Gasteiger partial charge in [0.1, 0.15) is 0 Å². The molecular formula is C17H19ClN2OS. The summed E-state index contributed by atoms with van der Waals surface area (Å²) in [5.41, 5.74) is 7.48. The van der Waals surface area contributed by atoms with E-state index in [-0.39, 0.29) is 23.8 Å². The van der Waals surface area contributed by atoms with Gasteiger partial charge in [-0.15, -0.1) is 11.3 Å². The average Bonchev–Trinajstić information content (AvgIpc) is 3.13. The molecule has 1 aromatic heterocycles. The number of hydrogen-bond donors (Lipinski definition) is 1. The molecule has 116 valence electrons. The Hall–Kier alpha value is -1.36. The van der Waals surface area contributed by atoms with Crippen LogP contribution in [0.25, 0.3) is 0 Å². The first kappa shape index (κ1) is 15.5. The van der Waals surface area contributed by atoms with Crippen molar-refractivity contribution < 1.29 is 4.79 Å². The number of amides is 1. The van der Waals surface area contributed by atoms with E-state index in [1.165, 1.54) is 16.9 Å². The number of halogens is 1. The van der Waals surface area contributed by atoms with E-state index in [4.69, 9.17) is 17.3 Å². The van der Waals surface area contributed by atoms with Crippen molar-refractivity contribution in [3.05, 3.63) is 57.2 Å². The van der Waals surface area contributed by atoms with E-state index in [1.807, 2.05) is 42.2 Å². The highest BCUT2D eigenvalue weighted by Gasteiger charge is 2.35. The minimum atomic E-state index is -0.167. The van der Waals surface area contributed by atoms with Crippen molar-refractivity contribution in [2.45, 2.75) is 24.8 Å². The molecule has 1 amide bonds. The lowest BCUT2D eigenvalue weighted by atomic mass is 9.95. The first-order chi connectivity index (χ1) is 10.6. The molecule has 3 rings (SSSR count). The molecule has 0 bridgehead atoms.